The zero-order valence-corrected chi connectivity index (χ0v) is 8.29. The van der Waals surface area contributed by atoms with Crippen molar-refractivity contribution < 1.29 is 15.0 Å². The van der Waals surface area contributed by atoms with Crippen LogP contribution in [-0.4, -0.2) is 22.1 Å². The van der Waals surface area contributed by atoms with Crippen LogP contribution in [0.15, 0.2) is 11.3 Å². The van der Waals surface area contributed by atoms with Crippen molar-refractivity contribution in [3.8, 4) is 0 Å². The molecule has 1 unspecified atom stereocenters. The first-order valence-electron chi connectivity index (χ1n) is 4.44. The Kier molecular flexibility index (Phi) is 2.48. The highest BCUT2D eigenvalue weighted by Crippen LogP contribution is 2.37. The number of allylic oxidation sites excluding steroid dienone is 1. The molecular weight excluding hydrogens is 168 g/mol. The van der Waals surface area contributed by atoms with Crippen LogP contribution in [0.3, 0.4) is 0 Å². The molecule has 0 heterocycles. The number of aliphatic hydroxyl groups excluding tert-OH is 2. The van der Waals surface area contributed by atoms with Crippen molar-refractivity contribution in [1.29, 1.82) is 0 Å². The van der Waals surface area contributed by atoms with Crippen LogP contribution in [0.25, 0.3) is 0 Å². The number of hydrogen-bond donors (Lipinski definition) is 2. The fourth-order valence-corrected chi connectivity index (χ4v) is 1.88. The topological polar surface area (TPSA) is 57.5 Å². The van der Waals surface area contributed by atoms with Crippen molar-refractivity contribution in [3.63, 3.8) is 0 Å². The summed E-state index contributed by atoms with van der Waals surface area (Å²) in [6.45, 7) is 5.29. The first kappa shape index (κ1) is 10.3. The second-order valence-electron chi connectivity index (χ2n) is 4.48. The number of rotatable bonds is 1. The highest BCUT2D eigenvalue weighted by atomic mass is 16.3. The molecule has 0 amide bonds. The van der Waals surface area contributed by atoms with E-state index >= 15 is 0 Å². The highest BCUT2D eigenvalue weighted by molar-refractivity contribution is 5.94. The van der Waals surface area contributed by atoms with E-state index < -0.39 is 6.10 Å². The van der Waals surface area contributed by atoms with Crippen LogP contribution in [0.5, 0.6) is 0 Å². The molecule has 13 heavy (non-hydrogen) atoms. The normalized spacial score (nSPS) is 27.5. The third-order valence-electron chi connectivity index (χ3n) is 2.42. The van der Waals surface area contributed by atoms with Gasteiger partial charge >= 0.3 is 0 Å². The van der Waals surface area contributed by atoms with Gasteiger partial charge in [-0.05, 0) is 18.8 Å². The lowest BCUT2D eigenvalue weighted by Crippen LogP contribution is -2.31. The van der Waals surface area contributed by atoms with E-state index in [1.165, 1.54) is 6.92 Å². The van der Waals surface area contributed by atoms with Gasteiger partial charge in [-0.25, -0.2) is 0 Å². The first-order valence-corrected chi connectivity index (χ1v) is 4.44. The molecule has 1 atom stereocenters. The minimum atomic E-state index is -0.804. The molecule has 74 valence electrons. The second-order valence-corrected chi connectivity index (χ2v) is 4.48. The zero-order valence-electron chi connectivity index (χ0n) is 8.29. The van der Waals surface area contributed by atoms with Crippen LogP contribution in [0.4, 0.5) is 0 Å². The Morgan fingerprint density at radius 3 is 2.46 bits per heavy atom. The molecule has 0 aliphatic heterocycles. The average molecular weight is 184 g/mol. The van der Waals surface area contributed by atoms with Gasteiger partial charge in [-0.1, -0.05) is 13.8 Å². The van der Waals surface area contributed by atoms with Gasteiger partial charge < -0.3 is 10.2 Å². The lowest BCUT2D eigenvalue weighted by atomic mass is 9.75. The van der Waals surface area contributed by atoms with E-state index in [1.54, 1.807) is 0 Å². The Bertz CT molecular complexity index is 263. The summed E-state index contributed by atoms with van der Waals surface area (Å²) in [5, 5.41) is 19.2. The molecule has 1 rings (SSSR count). The molecule has 3 nitrogen and oxygen atoms in total. The molecule has 0 bridgehead atoms. The third-order valence-corrected chi connectivity index (χ3v) is 2.42. The smallest absolute Gasteiger partial charge is 0.161 e. The maximum absolute atomic E-state index is 11.1. The Hall–Kier alpha value is -0.830. The van der Waals surface area contributed by atoms with E-state index in [1.807, 2.05) is 13.8 Å². The first-order chi connectivity index (χ1) is 5.83. The van der Waals surface area contributed by atoms with Crippen LogP contribution in [0, 0.1) is 5.41 Å². The van der Waals surface area contributed by atoms with E-state index in [0.29, 0.717) is 12.8 Å². The Balaban J connectivity index is 3.01. The molecule has 0 saturated heterocycles. The minimum absolute atomic E-state index is 0.0521. The lowest BCUT2D eigenvalue weighted by Gasteiger charge is -2.33. The van der Waals surface area contributed by atoms with E-state index in [2.05, 4.69) is 0 Å². The molecule has 0 aromatic heterocycles. The van der Waals surface area contributed by atoms with E-state index in [9.17, 15) is 15.0 Å². The van der Waals surface area contributed by atoms with Gasteiger partial charge in [0.2, 0.25) is 0 Å². The number of hydrogen-bond acceptors (Lipinski definition) is 3. The van der Waals surface area contributed by atoms with Gasteiger partial charge in [0.05, 0.1) is 11.7 Å². The summed E-state index contributed by atoms with van der Waals surface area (Å²) in [6, 6.07) is 0. The van der Waals surface area contributed by atoms with Crippen molar-refractivity contribution in [3.05, 3.63) is 11.3 Å². The number of ketones is 1. The molecule has 0 aromatic rings. The molecule has 0 saturated carbocycles. The van der Waals surface area contributed by atoms with Gasteiger partial charge in [0.25, 0.3) is 0 Å². The zero-order chi connectivity index (χ0) is 10.2. The van der Waals surface area contributed by atoms with E-state index in [4.69, 9.17) is 0 Å². The molecule has 0 radical (unpaired) electrons. The summed E-state index contributed by atoms with van der Waals surface area (Å²) in [6.07, 6.45) is 0.201. The molecular formula is C10H16O3. The van der Waals surface area contributed by atoms with Crippen molar-refractivity contribution in [2.24, 2.45) is 5.41 Å². The average Bonchev–Trinajstić information content (AvgIpc) is 1.78. The SMILES string of the molecule is CC(=O)C1=C(O)CC(C)(C)CC1O. The van der Waals surface area contributed by atoms with Gasteiger partial charge in [-0.15, -0.1) is 0 Å². The van der Waals surface area contributed by atoms with E-state index in [0.717, 1.165) is 0 Å². The predicted molar refractivity (Wildman–Crippen MR) is 49.4 cm³/mol. The van der Waals surface area contributed by atoms with Gasteiger partial charge in [-0.3, -0.25) is 4.79 Å². The molecule has 1 aliphatic rings. The van der Waals surface area contributed by atoms with Crippen molar-refractivity contribution in [1.82, 2.24) is 0 Å². The monoisotopic (exact) mass is 184 g/mol. The fourth-order valence-electron chi connectivity index (χ4n) is 1.88. The molecule has 0 aromatic carbocycles. The number of carbonyl (C=O) groups is 1. The van der Waals surface area contributed by atoms with E-state index in [-0.39, 0.29) is 22.5 Å². The maximum atomic E-state index is 11.1. The summed E-state index contributed by atoms with van der Waals surface area (Å²) in [7, 11) is 0. The van der Waals surface area contributed by atoms with Crippen LogP contribution < -0.4 is 0 Å². The van der Waals surface area contributed by atoms with Crippen molar-refractivity contribution in [2.75, 3.05) is 0 Å². The van der Waals surface area contributed by atoms with Crippen molar-refractivity contribution >= 4 is 5.78 Å². The quantitative estimate of drug-likeness (QED) is 0.650. The van der Waals surface area contributed by atoms with Crippen LogP contribution >= 0.6 is 0 Å². The van der Waals surface area contributed by atoms with Gasteiger partial charge in [-0.2, -0.15) is 0 Å². The van der Waals surface area contributed by atoms with Crippen LogP contribution in [-0.2, 0) is 4.79 Å². The van der Waals surface area contributed by atoms with Crippen LogP contribution in [0.2, 0.25) is 0 Å². The second kappa shape index (κ2) is 3.14. The molecule has 2 N–H and O–H groups in total. The highest BCUT2D eigenvalue weighted by Gasteiger charge is 2.34. The maximum Gasteiger partial charge on any atom is 0.161 e. The fraction of sp³-hybridized carbons (Fsp3) is 0.700. The summed E-state index contributed by atoms with van der Waals surface area (Å²) >= 11 is 0. The summed E-state index contributed by atoms with van der Waals surface area (Å²) < 4.78 is 0. The van der Waals surface area contributed by atoms with Crippen LogP contribution in [0.1, 0.15) is 33.6 Å². The minimum Gasteiger partial charge on any atom is -0.512 e. The molecule has 3 heteroatoms. The summed E-state index contributed by atoms with van der Waals surface area (Å²) in [4.78, 5) is 11.1. The van der Waals surface area contributed by atoms with Crippen molar-refractivity contribution in [2.45, 2.75) is 39.7 Å². The molecule has 0 spiro atoms. The Morgan fingerprint density at radius 1 is 1.54 bits per heavy atom. The summed E-state index contributed by atoms with van der Waals surface area (Å²) in [5.41, 5.74) is 0.0713. The predicted octanol–water partition coefficient (Wildman–Crippen LogP) is 1.57. The summed E-state index contributed by atoms with van der Waals surface area (Å²) in [5.74, 6) is -0.184. The Morgan fingerprint density at radius 2 is 2.08 bits per heavy atom. The molecule has 1 aliphatic carbocycles. The van der Waals surface area contributed by atoms with Gasteiger partial charge in [0.15, 0.2) is 5.78 Å². The lowest BCUT2D eigenvalue weighted by molar-refractivity contribution is -0.115. The largest absolute Gasteiger partial charge is 0.512 e. The third kappa shape index (κ3) is 2.10. The molecule has 0 fully saturated rings. The number of carbonyl (C=O) groups excluding carboxylic acids is 1. The number of aliphatic hydroxyl groups is 2. The number of Topliss-reactive ketones (excluding diaryl/α,β-unsaturated/α-hetero) is 1. The van der Waals surface area contributed by atoms with Gasteiger partial charge in [0, 0.05) is 6.42 Å². The Labute approximate surface area is 78.1 Å². The van der Waals surface area contributed by atoms with Gasteiger partial charge in [0.1, 0.15) is 5.76 Å². The standard InChI is InChI=1S/C10H16O3/c1-6(11)9-7(12)4-10(2,3)5-8(9)13/h7,12-13H,4-5H2,1-3H3.